The molecule has 0 atom stereocenters. The monoisotopic (exact) mass is 340 g/mol. The van der Waals surface area contributed by atoms with E-state index in [1.54, 1.807) is 22.7 Å². The minimum absolute atomic E-state index is 0.900. The molecular formula is C17H16N4S2. The third kappa shape index (κ3) is 2.54. The number of anilines is 2. The van der Waals surface area contributed by atoms with Crippen LogP contribution < -0.4 is 5.32 Å². The molecule has 0 radical (unpaired) electrons. The molecule has 0 aliphatic rings. The maximum atomic E-state index is 4.75. The van der Waals surface area contributed by atoms with Gasteiger partial charge in [0.25, 0.3) is 0 Å². The fraction of sp³-hybridized carbons (Fsp3) is 0.176. The fourth-order valence-electron chi connectivity index (χ4n) is 2.71. The second kappa shape index (κ2) is 5.47. The second-order valence-electron chi connectivity index (χ2n) is 5.58. The molecule has 0 saturated carbocycles. The van der Waals surface area contributed by atoms with Crippen molar-refractivity contribution in [2.75, 3.05) is 5.32 Å². The third-order valence-electron chi connectivity index (χ3n) is 3.81. The van der Waals surface area contributed by atoms with Gasteiger partial charge in [0.1, 0.15) is 5.69 Å². The quantitative estimate of drug-likeness (QED) is 0.558. The highest BCUT2D eigenvalue weighted by Crippen LogP contribution is 2.31. The summed E-state index contributed by atoms with van der Waals surface area (Å²) >= 11 is 3.26. The first-order chi connectivity index (χ1) is 11.1. The van der Waals surface area contributed by atoms with Gasteiger partial charge in [0.15, 0.2) is 10.1 Å². The van der Waals surface area contributed by atoms with Crippen LogP contribution in [0.25, 0.3) is 16.3 Å². The van der Waals surface area contributed by atoms with E-state index in [2.05, 4.69) is 52.1 Å². The van der Waals surface area contributed by atoms with Crippen LogP contribution >= 0.6 is 22.7 Å². The molecule has 0 amide bonds. The minimum Gasteiger partial charge on any atom is -0.331 e. The summed E-state index contributed by atoms with van der Waals surface area (Å²) in [6, 6.07) is 6.39. The van der Waals surface area contributed by atoms with E-state index in [4.69, 9.17) is 4.98 Å². The normalized spacial score (nSPS) is 11.3. The van der Waals surface area contributed by atoms with Gasteiger partial charge in [-0.15, -0.1) is 22.7 Å². The Balaban J connectivity index is 1.69. The summed E-state index contributed by atoms with van der Waals surface area (Å²) in [5.41, 5.74) is 6.64. The van der Waals surface area contributed by atoms with Crippen LogP contribution in [0.4, 0.5) is 10.8 Å². The Kier molecular flexibility index (Phi) is 3.43. The Labute approximate surface area is 142 Å². The summed E-state index contributed by atoms with van der Waals surface area (Å²) in [6.45, 7) is 6.25. The minimum atomic E-state index is 0.900. The molecule has 3 heterocycles. The lowest BCUT2D eigenvalue weighted by Gasteiger charge is -2.07. The molecule has 23 heavy (non-hydrogen) atoms. The first-order valence-corrected chi connectivity index (χ1v) is 9.10. The van der Waals surface area contributed by atoms with Crippen molar-refractivity contribution >= 4 is 38.5 Å². The van der Waals surface area contributed by atoms with E-state index >= 15 is 0 Å². The highest BCUT2D eigenvalue weighted by atomic mass is 32.1. The van der Waals surface area contributed by atoms with Crippen molar-refractivity contribution in [1.29, 1.82) is 0 Å². The molecular weight excluding hydrogens is 324 g/mol. The van der Waals surface area contributed by atoms with Gasteiger partial charge in [-0.05, 0) is 32.4 Å². The summed E-state index contributed by atoms with van der Waals surface area (Å²) in [5, 5.41) is 8.45. The molecule has 0 unspecified atom stereocenters. The van der Waals surface area contributed by atoms with Gasteiger partial charge in [0, 0.05) is 22.6 Å². The first kappa shape index (κ1) is 14.4. The van der Waals surface area contributed by atoms with Crippen molar-refractivity contribution in [3.05, 3.63) is 52.0 Å². The van der Waals surface area contributed by atoms with Gasteiger partial charge in [0.2, 0.25) is 0 Å². The molecule has 1 aromatic carbocycles. The lowest BCUT2D eigenvalue weighted by Crippen LogP contribution is -1.93. The topological polar surface area (TPSA) is 42.2 Å². The van der Waals surface area contributed by atoms with E-state index in [0.29, 0.717) is 0 Å². The van der Waals surface area contributed by atoms with Crippen LogP contribution in [0.15, 0.2) is 35.2 Å². The predicted octanol–water partition coefficient (Wildman–Crippen LogP) is 5.19. The Bertz CT molecular complexity index is 993. The van der Waals surface area contributed by atoms with E-state index < -0.39 is 0 Å². The zero-order valence-electron chi connectivity index (χ0n) is 13.1. The van der Waals surface area contributed by atoms with Gasteiger partial charge in [-0.2, -0.15) is 0 Å². The molecule has 0 bridgehead atoms. The molecule has 0 saturated heterocycles. The van der Waals surface area contributed by atoms with E-state index in [1.807, 2.05) is 18.5 Å². The van der Waals surface area contributed by atoms with Crippen LogP contribution in [0, 0.1) is 20.8 Å². The van der Waals surface area contributed by atoms with E-state index in [1.165, 1.54) is 11.1 Å². The average molecular weight is 340 g/mol. The zero-order valence-corrected chi connectivity index (χ0v) is 14.8. The highest BCUT2D eigenvalue weighted by Gasteiger charge is 2.15. The van der Waals surface area contributed by atoms with E-state index in [9.17, 15) is 0 Å². The number of benzene rings is 1. The molecule has 4 aromatic rings. The standard InChI is InChI=1S/C17H16N4S2/c1-10-4-5-13(11(2)8-10)19-16-20-14(9-23-16)15-12(3)18-17-21(15)6-7-22-17/h4-9H,1-3H3,(H,19,20). The number of fused-ring (bicyclic) bond motifs is 1. The number of nitrogens with zero attached hydrogens (tertiary/aromatic N) is 3. The van der Waals surface area contributed by atoms with Crippen molar-refractivity contribution in [3.63, 3.8) is 0 Å². The average Bonchev–Trinajstić information content (AvgIpc) is 3.18. The first-order valence-electron chi connectivity index (χ1n) is 7.34. The number of aryl methyl sites for hydroxylation is 3. The predicted molar refractivity (Wildman–Crippen MR) is 98.1 cm³/mol. The van der Waals surface area contributed by atoms with Crippen LogP contribution in [0.1, 0.15) is 16.8 Å². The van der Waals surface area contributed by atoms with Gasteiger partial charge in [-0.25, -0.2) is 9.97 Å². The summed E-state index contributed by atoms with van der Waals surface area (Å²) in [5.74, 6) is 0. The van der Waals surface area contributed by atoms with E-state index in [0.717, 1.165) is 32.9 Å². The van der Waals surface area contributed by atoms with Crippen molar-refractivity contribution in [1.82, 2.24) is 14.4 Å². The number of thiazole rings is 2. The molecule has 0 aliphatic carbocycles. The number of imidazole rings is 1. The van der Waals surface area contributed by atoms with Gasteiger partial charge < -0.3 is 5.32 Å². The molecule has 116 valence electrons. The zero-order chi connectivity index (χ0) is 16.0. The van der Waals surface area contributed by atoms with Gasteiger partial charge >= 0.3 is 0 Å². The second-order valence-corrected chi connectivity index (χ2v) is 7.31. The number of hydrogen-bond acceptors (Lipinski definition) is 5. The Morgan fingerprint density at radius 1 is 1.09 bits per heavy atom. The van der Waals surface area contributed by atoms with Crippen molar-refractivity contribution in [2.45, 2.75) is 20.8 Å². The maximum absolute atomic E-state index is 4.75. The lowest BCUT2D eigenvalue weighted by atomic mass is 10.1. The summed E-state index contributed by atoms with van der Waals surface area (Å²) in [7, 11) is 0. The van der Waals surface area contributed by atoms with Crippen molar-refractivity contribution in [2.24, 2.45) is 0 Å². The number of rotatable bonds is 3. The summed E-state index contributed by atoms with van der Waals surface area (Å²) < 4.78 is 2.11. The SMILES string of the molecule is Cc1ccc(Nc2nc(-c3c(C)nc4sccn34)cs2)c(C)c1. The van der Waals surface area contributed by atoms with Crippen LogP contribution in [-0.4, -0.2) is 14.4 Å². The molecule has 1 N–H and O–H groups in total. The largest absolute Gasteiger partial charge is 0.331 e. The number of nitrogens with one attached hydrogen (secondary N) is 1. The Hall–Kier alpha value is -2.18. The lowest BCUT2D eigenvalue weighted by molar-refractivity contribution is 1.20. The van der Waals surface area contributed by atoms with Gasteiger partial charge in [-0.3, -0.25) is 4.40 Å². The van der Waals surface area contributed by atoms with Crippen LogP contribution in [0.5, 0.6) is 0 Å². The van der Waals surface area contributed by atoms with Crippen LogP contribution in [0.3, 0.4) is 0 Å². The molecule has 6 heteroatoms. The molecule has 0 aliphatic heterocycles. The fourth-order valence-corrected chi connectivity index (χ4v) is 4.18. The van der Waals surface area contributed by atoms with Crippen LogP contribution in [0.2, 0.25) is 0 Å². The van der Waals surface area contributed by atoms with Gasteiger partial charge in [0.05, 0.1) is 11.4 Å². The molecule has 0 spiro atoms. The molecule has 0 fully saturated rings. The molecule has 4 nitrogen and oxygen atoms in total. The maximum Gasteiger partial charge on any atom is 0.194 e. The molecule has 4 rings (SSSR count). The third-order valence-corrected chi connectivity index (χ3v) is 5.32. The summed E-state index contributed by atoms with van der Waals surface area (Å²) in [6.07, 6.45) is 2.05. The van der Waals surface area contributed by atoms with Crippen LogP contribution in [-0.2, 0) is 0 Å². The number of hydrogen-bond donors (Lipinski definition) is 1. The van der Waals surface area contributed by atoms with Crippen molar-refractivity contribution in [3.8, 4) is 11.4 Å². The molecule has 3 aromatic heterocycles. The van der Waals surface area contributed by atoms with Crippen molar-refractivity contribution < 1.29 is 0 Å². The summed E-state index contributed by atoms with van der Waals surface area (Å²) in [4.78, 5) is 10.4. The van der Waals surface area contributed by atoms with Gasteiger partial charge in [-0.1, -0.05) is 17.7 Å². The van der Waals surface area contributed by atoms with E-state index in [-0.39, 0.29) is 0 Å². The smallest absolute Gasteiger partial charge is 0.194 e. The Morgan fingerprint density at radius 2 is 1.96 bits per heavy atom. The highest BCUT2D eigenvalue weighted by molar-refractivity contribution is 7.15. The number of aromatic nitrogens is 3. The Morgan fingerprint density at radius 3 is 2.78 bits per heavy atom.